The predicted molar refractivity (Wildman–Crippen MR) is 55.9 cm³/mol. The maximum Gasteiger partial charge on any atom is 0.132 e. The molecular weight excluding hydrogens is 172 g/mol. The van der Waals surface area contributed by atoms with Crippen LogP contribution in [0.3, 0.4) is 0 Å². The summed E-state index contributed by atoms with van der Waals surface area (Å²) in [6, 6.07) is 0. The third kappa shape index (κ3) is 9.96. The lowest BCUT2D eigenvalue weighted by molar-refractivity contribution is -0.118. The molecular formula is C10H21ClO. The van der Waals surface area contributed by atoms with Gasteiger partial charge in [-0.3, -0.25) is 4.79 Å². The normalized spacial score (nSPS) is 9.17. The van der Waals surface area contributed by atoms with E-state index in [9.17, 15) is 4.79 Å². The van der Waals surface area contributed by atoms with Crippen LogP contribution in [0.1, 0.15) is 58.8 Å². The van der Waals surface area contributed by atoms with Crippen molar-refractivity contribution in [3.8, 4) is 0 Å². The Bertz CT molecular complexity index is 102. The first-order valence-electron chi connectivity index (χ1n) is 4.83. The molecule has 0 aromatic rings. The van der Waals surface area contributed by atoms with E-state index in [0.29, 0.717) is 12.2 Å². The fourth-order valence-electron chi connectivity index (χ4n) is 1.10. The molecule has 0 rings (SSSR count). The maximum atomic E-state index is 10.8. The summed E-state index contributed by atoms with van der Waals surface area (Å²) < 4.78 is 0. The molecule has 0 saturated carbocycles. The third-order valence-electron chi connectivity index (χ3n) is 1.95. The molecule has 0 bridgehead atoms. The highest BCUT2D eigenvalue weighted by atomic mass is 35.5. The van der Waals surface area contributed by atoms with Gasteiger partial charge in [0.05, 0.1) is 0 Å². The second-order valence-electron chi connectivity index (χ2n) is 3.06. The molecule has 2 heteroatoms. The fraction of sp³-hybridized carbons (Fsp3) is 0.900. The Morgan fingerprint density at radius 2 is 1.58 bits per heavy atom. The van der Waals surface area contributed by atoms with Gasteiger partial charge in [-0.2, -0.15) is 0 Å². The number of halogens is 1. The molecule has 0 aliphatic heterocycles. The van der Waals surface area contributed by atoms with E-state index in [2.05, 4.69) is 6.92 Å². The average molecular weight is 193 g/mol. The van der Waals surface area contributed by atoms with Crippen molar-refractivity contribution >= 4 is 18.2 Å². The van der Waals surface area contributed by atoms with Gasteiger partial charge in [0.2, 0.25) is 0 Å². The molecule has 0 aliphatic carbocycles. The van der Waals surface area contributed by atoms with E-state index in [1.54, 1.807) is 0 Å². The van der Waals surface area contributed by atoms with Gasteiger partial charge in [0, 0.05) is 12.8 Å². The fourth-order valence-corrected chi connectivity index (χ4v) is 1.10. The predicted octanol–water partition coefficient (Wildman–Crippen LogP) is 3.75. The number of hydrogen-bond donors (Lipinski definition) is 0. The quantitative estimate of drug-likeness (QED) is 0.562. The standard InChI is InChI=1S/C10H20O.ClH/c1-3-5-6-7-8-9-10(11)4-2;/h3-9H2,1-2H3;1H. The highest BCUT2D eigenvalue weighted by Gasteiger charge is 1.96. The van der Waals surface area contributed by atoms with E-state index in [-0.39, 0.29) is 12.4 Å². The van der Waals surface area contributed by atoms with Crippen LogP contribution in [0.5, 0.6) is 0 Å². The van der Waals surface area contributed by atoms with Crippen LogP contribution >= 0.6 is 12.4 Å². The summed E-state index contributed by atoms with van der Waals surface area (Å²) in [5.41, 5.74) is 0. The zero-order chi connectivity index (χ0) is 8.53. The Balaban J connectivity index is 0. The van der Waals surface area contributed by atoms with Gasteiger partial charge in [0.1, 0.15) is 5.78 Å². The molecule has 74 valence electrons. The Morgan fingerprint density at radius 1 is 1.00 bits per heavy atom. The minimum Gasteiger partial charge on any atom is -0.300 e. The van der Waals surface area contributed by atoms with E-state index in [4.69, 9.17) is 0 Å². The monoisotopic (exact) mass is 192 g/mol. The highest BCUT2D eigenvalue weighted by Crippen LogP contribution is 2.05. The largest absolute Gasteiger partial charge is 0.300 e. The molecule has 12 heavy (non-hydrogen) atoms. The summed E-state index contributed by atoms with van der Waals surface area (Å²) in [6.07, 6.45) is 7.76. The minimum absolute atomic E-state index is 0. The van der Waals surface area contributed by atoms with Crippen molar-refractivity contribution in [3.63, 3.8) is 0 Å². The number of rotatable bonds is 7. The summed E-state index contributed by atoms with van der Waals surface area (Å²) >= 11 is 0. The summed E-state index contributed by atoms with van der Waals surface area (Å²) in [4.78, 5) is 10.8. The third-order valence-corrected chi connectivity index (χ3v) is 1.95. The van der Waals surface area contributed by atoms with Gasteiger partial charge in [0.25, 0.3) is 0 Å². The van der Waals surface area contributed by atoms with Gasteiger partial charge in [-0.1, -0.05) is 39.5 Å². The van der Waals surface area contributed by atoms with Gasteiger partial charge in [-0.05, 0) is 6.42 Å². The first kappa shape index (κ1) is 14.5. The summed E-state index contributed by atoms with van der Waals surface area (Å²) in [7, 11) is 0. The van der Waals surface area contributed by atoms with Crippen LogP contribution in [0.15, 0.2) is 0 Å². The lowest BCUT2D eigenvalue weighted by Crippen LogP contribution is -1.93. The number of hydrogen-bond acceptors (Lipinski definition) is 1. The molecule has 0 amide bonds. The lowest BCUT2D eigenvalue weighted by atomic mass is 10.1. The van der Waals surface area contributed by atoms with Crippen LogP contribution < -0.4 is 0 Å². The summed E-state index contributed by atoms with van der Waals surface area (Å²) in [5, 5.41) is 0. The summed E-state index contributed by atoms with van der Waals surface area (Å²) in [6.45, 7) is 4.14. The molecule has 0 saturated heterocycles. The Hall–Kier alpha value is -0.0400. The van der Waals surface area contributed by atoms with E-state index < -0.39 is 0 Å². The lowest BCUT2D eigenvalue weighted by Gasteiger charge is -1.97. The van der Waals surface area contributed by atoms with Crippen molar-refractivity contribution in [3.05, 3.63) is 0 Å². The molecule has 0 N–H and O–H groups in total. The van der Waals surface area contributed by atoms with Crippen molar-refractivity contribution in [1.82, 2.24) is 0 Å². The van der Waals surface area contributed by atoms with Crippen molar-refractivity contribution in [2.75, 3.05) is 0 Å². The van der Waals surface area contributed by atoms with Crippen LogP contribution in [0.4, 0.5) is 0 Å². The summed E-state index contributed by atoms with van der Waals surface area (Å²) in [5.74, 6) is 0.418. The topological polar surface area (TPSA) is 17.1 Å². The van der Waals surface area contributed by atoms with Crippen molar-refractivity contribution < 1.29 is 4.79 Å². The Morgan fingerprint density at radius 3 is 2.08 bits per heavy atom. The molecule has 0 aromatic heterocycles. The molecule has 0 spiro atoms. The number of ketones is 1. The molecule has 0 aromatic carbocycles. The van der Waals surface area contributed by atoms with E-state index in [1.807, 2.05) is 6.92 Å². The number of carbonyl (C=O) groups is 1. The number of Topliss-reactive ketones (excluding diaryl/α,β-unsaturated/α-hetero) is 1. The van der Waals surface area contributed by atoms with Crippen LogP contribution in [-0.2, 0) is 4.79 Å². The maximum absolute atomic E-state index is 10.8. The first-order valence-corrected chi connectivity index (χ1v) is 4.83. The molecule has 0 radical (unpaired) electrons. The van der Waals surface area contributed by atoms with Gasteiger partial charge in [-0.25, -0.2) is 0 Å². The zero-order valence-electron chi connectivity index (χ0n) is 8.27. The smallest absolute Gasteiger partial charge is 0.132 e. The Kier molecular flexibility index (Phi) is 13.2. The minimum atomic E-state index is 0. The second-order valence-corrected chi connectivity index (χ2v) is 3.06. The van der Waals surface area contributed by atoms with E-state index in [1.165, 1.54) is 25.7 Å². The molecule has 0 atom stereocenters. The van der Waals surface area contributed by atoms with Crippen molar-refractivity contribution in [1.29, 1.82) is 0 Å². The zero-order valence-corrected chi connectivity index (χ0v) is 9.08. The van der Waals surface area contributed by atoms with Crippen molar-refractivity contribution in [2.24, 2.45) is 0 Å². The van der Waals surface area contributed by atoms with Gasteiger partial charge < -0.3 is 0 Å². The molecule has 0 heterocycles. The molecule has 0 fully saturated rings. The second kappa shape index (κ2) is 11.0. The van der Waals surface area contributed by atoms with Gasteiger partial charge in [0.15, 0.2) is 0 Å². The van der Waals surface area contributed by atoms with Crippen LogP contribution in [0.25, 0.3) is 0 Å². The van der Waals surface area contributed by atoms with Gasteiger partial charge in [-0.15, -0.1) is 12.4 Å². The van der Waals surface area contributed by atoms with Crippen molar-refractivity contribution in [2.45, 2.75) is 58.8 Å². The van der Waals surface area contributed by atoms with Crippen LogP contribution in [-0.4, -0.2) is 5.78 Å². The average Bonchev–Trinajstić information content (AvgIpc) is 2.04. The first-order chi connectivity index (χ1) is 5.31. The Labute approximate surface area is 82.3 Å². The SMILES string of the molecule is CCCCCCCC(=O)CC.Cl. The van der Waals surface area contributed by atoms with Crippen LogP contribution in [0, 0.1) is 0 Å². The molecule has 0 unspecified atom stereocenters. The van der Waals surface area contributed by atoms with Crippen LogP contribution in [0.2, 0.25) is 0 Å². The highest BCUT2D eigenvalue weighted by molar-refractivity contribution is 5.85. The number of carbonyl (C=O) groups excluding carboxylic acids is 1. The van der Waals surface area contributed by atoms with E-state index >= 15 is 0 Å². The number of unbranched alkanes of at least 4 members (excludes halogenated alkanes) is 4. The molecule has 0 aliphatic rings. The van der Waals surface area contributed by atoms with E-state index in [0.717, 1.165) is 12.8 Å². The van der Waals surface area contributed by atoms with Gasteiger partial charge >= 0.3 is 0 Å². The molecule has 1 nitrogen and oxygen atoms in total.